The lowest BCUT2D eigenvalue weighted by atomic mass is 9.94. The Bertz CT molecular complexity index is 592. The Hall–Kier alpha value is -2.35. The Labute approximate surface area is 129 Å². The molecular weight excluding hydrogens is 280 g/mol. The van der Waals surface area contributed by atoms with Gasteiger partial charge in [-0.15, -0.1) is 0 Å². The molecule has 1 aliphatic carbocycles. The fraction of sp³-hybridized carbons (Fsp3) is 0.471. The summed E-state index contributed by atoms with van der Waals surface area (Å²) in [5.41, 5.74) is 1.26. The predicted octanol–water partition coefficient (Wildman–Crippen LogP) is 2.52. The molecule has 0 saturated heterocycles. The van der Waals surface area contributed by atoms with Gasteiger partial charge in [-0.1, -0.05) is 31.4 Å². The minimum Gasteiger partial charge on any atom is -0.481 e. The number of carbonyl (C=O) groups excluding carboxylic acids is 1. The number of nitrogens with zero attached hydrogens (tertiary/aromatic N) is 1. The topological polar surface area (TPSA) is 90.2 Å². The SMILES string of the molecule is N#CCc1cccc(C(=O)N[C@H]2CCCCC[C@H]2C(=O)O)c1. The Morgan fingerprint density at radius 1 is 1.27 bits per heavy atom. The summed E-state index contributed by atoms with van der Waals surface area (Å²) in [5.74, 6) is -1.63. The van der Waals surface area contributed by atoms with E-state index in [0.717, 1.165) is 24.8 Å². The number of nitriles is 1. The highest BCUT2D eigenvalue weighted by atomic mass is 16.4. The van der Waals surface area contributed by atoms with Gasteiger partial charge in [0, 0.05) is 11.6 Å². The average molecular weight is 300 g/mol. The summed E-state index contributed by atoms with van der Waals surface area (Å²) in [6.07, 6.45) is 4.38. The summed E-state index contributed by atoms with van der Waals surface area (Å²) in [6.45, 7) is 0. The van der Waals surface area contributed by atoms with Gasteiger partial charge in [0.05, 0.1) is 18.4 Å². The Kier molecular flexibility index (Phi) is 5.54. The van der Waals surface area contributed by atoms with Gasteiger partial charge in [0.25, 0.3) is 5.91 Å². The van der Waals surface area contributed by atoms with Crippen LogP contribution in [-0.2, 0) is 11.2 Å². The second kappa shape index (κ2) is 7.60. The first-order valence-electron chi connectivity index (χ1n) is 7.61. The molecule has 2 N–H and O–H groups in total. The van der Waals surface area contributed by atoms with E-state index in [1.54, 1.807) is 24.3 Å². The van der Waals surface area contributed by atoms with Gasteiger partial charge < -0.3 is 10.4 Å². The molecule has 116 valence electrons. The molecule has 0 unspecified atom stereocenters. The smallest absolute Gasteiger partial charge is 0.308 e. The van der Waals surface area contributed by atoms with Crippen LogP contribution in [-0.4, -0.2) is 23.0 Å². The molecule has 0 heterocycles. The first-order chi connectivity index (χ1) is 10.6. The van der Waals surface area contributed by atoms with Crippen LogP contribution in [0.1, 0.15) is 48.0 Å². The lowest BCUT2D eigenvalue weighted by Crippen LogP contribution is -2.42. The Morgan fingerprint density at radius 2 is 2.05 bits per heavy atom. The van der Waals surface area contributed by atoms with E-state index in [4.69, 9.17) is 5.26 Å². The molecule has 0 radical (unpaired) electrons. The first kappa shape index (κ1) is 16.0. The number of carboxylic acids is 1. The normalized spacial score (nSPS) is 21.4. The average Bonchev–Trinajstić information content (AvgIpc) is 2.73. The third-order valence-electron chi connectivity index (χ3n) is 4.12. The standard InChI is InChI=1S/C17H20N2O3/c18-10-9-12-5-4-6-13(11-12)16(20)19-15-8-3-1-2-7-14(15)17(21)22/h4-6,11,14-15H,1-3,7-9H2,(H,19,20)(H,21,22)/t14-,15+/m1/s1. The third-order valence-corrected chi connectivity index (χ3v) is 4.12. The summed E-state index contributed by atoms with van der Waals surface area (Å²) in [5, 5.41) is 20.9. The lowest BCUT2D eigenvalue weighted by Gasteiger charge is -2.23. The zero-order valence-electron chi connectivity index (χ0n) is 12.4. The number of carboxylic acid groups (broad SMARTS) is 1. The molecule has 0 aliphatic heterocycles. The molecule has 2 rings (SSSR count). The van der Waals surface area contributed by atoms with E-state index in [2.05, 4.69) is 11.4 Å². The van der Waals surface area contributed by atoms with Gasteiger partial charge >= 0.3 is 5.97 Å². The van der Waals surface area contributed by atoms with E-state index in [0.29, 0.717) is 18.4 Å². The minimum atomic E-state index is -0.842. The van der Waals surface area contributed by atoms with Crippen LogP contribution in [0.4, 0.5) is 0 Å². The van der Waals surface area contributed by atoms with Crippen molar-refractivity contribution in [3.8, 4) is 6.07 Å². The zero-order valence-corrected chi connectivity index (χ0v) is 12.4. The van der Waals surface area contributed by atoms with Crippen molar-refractivity contribution < 1.29 is 14.7 Å². The lowest BCUT2D eigenvalue weighted by molar-refractivity contribution is -0.142. The largest absolute Gasteiger partial charge is 0.481 e. The quantitative estimate of drug-likeness (QED) is 0.836. The molecule has 5 heteroatoms. The number of hydrogen-bond donors (Lipinski definition) is 2. The first-order valence-corrected chi connectivity index (χ1v) is 7.61. The second-order valence-electron chi connectivity index (χ2n) is 5.70. The summed E-state index contributed by atoms with van der Waals surface area (Å²) in [6, 6.07) is 8.63. The van der Waals surface area contributed by atoms with Gasteiger partial charge in [-0.05, 0) is 30.5 Å². The summed E-state index contributed by atoms with van der Waals surface area (Å²) in [7, 11) is 0. The fourth-order valence-corrected chi connectivity index (χ4v) is 2.94. The molecule has 1 saturated carbocycles. The molecule has 1 aromatic rings. The van der Waals surface area contributed by atoms with Crippen molar-refractivity contribution in [1.29, 1.82) is 5.26 Å². The van der Waals surface area contributed by atoms with Gasteiger partial charge in [-0.25, -0.2) is 0 Å². The summed E-state index contributed by atoms with van der Waals surface area (Å²) in [4.78, 5) is 23.8. The molecule has 1 aliphatic rings. The van der Waals surface area contributed by atoms with Crippen molar-refractivity contribution in [2.75, 3.05) is 0 Å². The van der Waals surface area contributed by atoms with Crippen molar-refractivity contribution in [2.45, 2.75) is 44.6 Å². The highest BCUT2D eigenvalue weighted by Crippen LogP contribution is 2.24. The number of amides is 1. The maximum Gasteiger partial charge on any atom is 0.308 e. The van der Waals surface area contributed by atoms with Crippen LogP contribution in [0.5, 0.6) is 0 Å². The third kappa shape index (κ3) is 4.08. The van der Waals surface area contributed by atoms with Gasteiger partial charge in [0.15, 0.2) is 0 Å². The highest BCUT2D eigenvalue weighted by Gasteiger charge is 2.30. The highest BCUT2D eigenvalue weighted by molar-refractivity contribution is 5.94. The van der Waals surface area contributed by atoms with E-state index < -0.39 is 11.9 Å². The number of benzene rings is 1. The maximum atomic E-state index is 12.4. The van der Waals surface area contributed by atoms with E-state index in [1.807, 2.05) is 0 Å². The van der Waals surface area contributed by atoms with Crippen LogP contribution in [0, 0.1) is 17.2 Å². The molecule has 1 aromatic carbocycles. The molecule has 0 bridgehead atoms. The van der Waals surface area contributed by atoms with E-state index in [-0.39, 0.29) is 18.4 Å². The van der Waals surface area contributed by atoms with Crippen LogP contribution < -0.4 is 5.32 Å². The summed E-state index contributed by atoms with van der Waals surface area (Å²) >= 11 is 0. The van der Waals surface area contributed by atoms with Crippen LogP contribution >= 0.6 is 0 Å². The second-order valence-corrected chi connectivity index (χ2v) is 5.70. The maximum absolute atomic E-state index is 12.4. The van der Waals surface area contributed by atoms with E-state index in [9.17, 15) is 14.7 Å². The molecule has 1 fully saturated rings. The van der Waals surface area contributed by atoms with E-state index >= 15 is 0 Å². The number of rotatable bonds is 4. The molecule has 0 aromatic heterocycles. The minimum absolute atomic E-state index is 0.252. The molecule has 2 atom stereocenters. The zero-order chi connectivity index (χ0) is 15.9. The Balaban J connectivity index is 2.10. The van der Waals surface area contributed by atoms with Crippen LogP contribution in [0.3, 0.4) is 0 Å². The summed E-state index contributed by atoms with van der Waals surface area (Å²) < 4.78 is 0. The number of hydrogen-bond acceptors (Lipinski definition) is 3. The van der Waals surface area contributed by atoms with Crippen molar-refractivity contribution in [3.05, 3.63) is 35.4 Å². The molecule has 1 amide bonds. The molecule has 0 spiro atoms. The number of nitrogens with one attached hydrogen (secondary N) is 1. The van der Waals surface area contributed by atoms with Crippen molar-refractivity contribution in [1.82, 2.24) is 5.32 Å². The van der Waals surface area contributed by atoms with Gasteiger partial charge in [0.2, 0.25) is 0 Å². The van der Waals surface area contributed by atoms with Crippen LogP contribution in [0.2, 0.25) is 0 Å². The number of aliphatic carboxylic acids is 1. The van der Waals surface area contributed by atoms with E-state index in [1.165, 1.54) is 0 Å². The van der Waals surface area contributed by atoms with Crippen molar-refractivity contribution >= 4 is 11.9 Å². The van der Waals surface area contributed by atoms with Gasteiger partial charge in [0.1, 0.15) is 0 Å². The Morgan fingerprint density at radius 3 is 2.77 bits per heavy atom. The predicted molar refractivity (Wildman–Crippen MR) is 81.2 cm³/mol. The van der Waals surface area contributed by atoms with Crippen LogP contribution in [0.25, 0.3) is 0 Å². The van der Waals surface area contributed by atoms with Gasteiger partial charge in [-0.2, -0.15) is 5.26 Å². The fourth-order valence-electron chi connectivity index (χ4n) is 2.94. The van der Waals surface area contributed by atoms with Gasteiger partial charge in [-0.3, -0.25) is 9.59 Å². The molecule has 5 nitrogen and oxygen atoms in total. The van der Waals surface area contributed by atoms with Crippen molar-refractivity contribution in [2.24, 2.45) is 5.92 Å². The monoisotopic (exact) mass is 300 g/mol. The van der Waals surface area contributed by atoms with Crippen LogP contribution in [0.15, 0.2) is 24.3 Å². The molecule has 22 heavy (non-hydrogen) atoms. The van der Waals surface area contributed by atoms with Crippen molar-refractivity contribution in [3.63, 3.8) is 0 Å². The number of carbonyl (C=O) groups is 2. The molecular formula is C17H20N2O3.